The summed E-state index contributed by atoms with van der Waals surface area (Å²) in [5, 5.41) is 3.53. The van der Waals surface area contributed by atoms with Gasteiger partial charge in [-0.3, -0.25) is 4.90 Å². The summed E-state index contributed by atoms with van der Waals surface area (Å²) in [4.78, 5) is 2.63. The van der Waals surface area contributed by atoms with E-state index in [0.717, 1.165) is 31.5 Å². The zero-order valence-electron chi connectivity index (χ0n) is 13.9. The highest BCUT2D eigenvalue weighted by Crippen LogP contribution is 2.31. The van der Waals surface area contributed by atoms with E-state index in [-0.39, 0.29) is 0 Å². The Kier molecular flexibility index (Phi) is 6.31. The van der Waals surface area contributed by atoms with Crippen molar-refractivity contribution in [1.82, 2.24) is 10.2 Å². The molecule has 1 saturated carbocycles. The third kappa shape index (κ3) is 5.71. The largest absolute Gasteiger partial charge is 0.372 e. The summed E-state index contributed by atoms with van der Waals surface area (Å²) in [6.45, 7) is 13.7. The van der Waals surface area contributed by atoms with Crippen LogP contribution in [0.5, 0.6) is 0 Å². The van der Waals surface area contributed by atoms with Crippen LogP contribution in [-0.2, 0) is 4.74 Å². The summed E-state index contributed by atoms with van der Waals surface area (Å²) in [6, 6.07) is 0.650. The first kappa shape index (κ1) is 16.3. The minimum absolute atomic E-state index is 0.439. The molecular weight excluding hydrogens is 248 g/mol. The maximum Gasteiger partial charge on any atom is 0.0707 e. The Bertz CT molecular complexity index is 276. The first-order valence-electron chi connectivity index (χ1n) is 8.64. The van der Waals surface area contributed by atoms with Gasteiger partial charge in [-0.1, -0.05) is 13.8 Å². The number of ether oxygens (including phenoxy) is 1. The second-order valence-corrected chi connectivity index (χ2v) is 7.50. The van der Waals surface area contributed by atoms with E-state index >= 15 is 0 Å². The Balaban J connectivity index is 1.65. The van der Waals surface area contributed by atoms with Crippen molar-refractivity contribution >= 4 is 0 Å². The van der Waals surface area contributed by atoms with Crippen molar-refractivity contribution in [2.45, 2.75) is 71.6 Å². The fourth-order valence-electron chi connectivity index (χ4n) is 2.99. The molecule has 1 saturated heterocycles. The van der Waals surface area contributed by atoms with Crippen molar-refractivity contribution in [1.29, 1.82) is 0 Å². The van der Waals surface area contributed by atoms with Crippen LogP contribution >= 0.6 is 0 Å². The maximum atomic E-state index is 6.22. The second-order valence-electron chi connectivity index (χ2n) is 7.50. The Morgan fingerprint density at radius 3 is 2.30 bits per heavy atom. The molecule has 0 aromatic carbocycles. The lowest BCUT2D eigenvalue weighted by atomic mass is 10.1. The summed E-state index contributed by atoms with van der Waals surface area (Å²) < 4.78 is 6.22. The van der Waals surface area contributed by atoms with Crippen LogP contribution in [0.3, 0.4) is 0 Å². The summed E-state index contributed by atoms with van der Waals surface area (Å²) in [5.41, 5.74) is 0. The smallest absolute Gasteiger partial charge is 0.0707 e. The molecular formula is C17H34N2O. The summed E-state index contributed by atoms with van der Waals surface area (Å²) in [6.07, 6.45) is 6.25. The molecule has 1 N–H and O–H groups in total. The molecule has 3 nitrogen and oxygen atoms in total. The average molecular weight is 282 g/mol. The van der Waals surface area contributed by atoms with Crippen molar-refractivity contribution in [2.24, 2.45) is 11.8 Å². The van der Waals surface area contributed by atoms with E-state index in [9.17, 15) is 0 Å². The third-order valence-corrected chi connectivity index (χ3v) is 4.48. The summed E-state index contributed by atoms with van der Waals surface area (Å²) in [7, 11) is 0. The summed E-state index contributed by atoms with van der Waals surface area (Å²) in [5.74, 6) is 1.70. The van der Waals surface area contributed by atoms with E-state index in [0.29, 0.717) is 18.2 Å². The molecule has 1 heterocycles. The van der Waals surface area contributed by atoms with Crippen molar-refractivity contribution in [3.63, 3.8) is 0 Å². The highest BCUT2D eigenvalue weighted by atomic mass is 16.5. The quantitative estimate of drug-likeness (QED) is 0.704. The lowest BCUT2D eigenvalue weighted by Gasteiger charge is -2.29. The van der Waals surface area contributed by atoms with Gasteiger partial charge in [0.25, 0.3) is 0 Å². The van der Waals surface area contributed by atoms with E-state index in [4.69, 9.17) is 4.74 Å². The minimum atomic E-state index is 0.439. The van der Waals surface area contributed by atoms with Crippen LogP contribution in [0.1, 0.15) is 53.4 Å². The second kappa shape index (κ2) is 7.77. The van der Waals surface area contributed by atoms with Gasteiger partial charge in [0.05, 0.1) is 12.2 Å². The number of rotatable bonds is 9. The zero-order chi connectivity index (χ0) is 14.5. The fourth-order valence-corrected chi connectivity index (χ4v) is 2.99. The van der Waals surface area contributed by atoms with Crippen LogP contribution in [-0.4, -0.2) is 49.3 Å². The normalized spacial score (nSPS) is 27.1. The lowest BCUT2D eigenvalue weighted by molar-refractivity contribution is 0.0161. The molecule has 1 aliphatic heterocycles. The maximum absolute atomic E-state index is 6.22. The first-order valence-corrected chi connectivity index (χ1v) is 8.64. The molecule has 0 aromatic heterocycles. The predicted molar refractivity (Wildman–Crippen MR) is 85.0 cm³/mol. The molecule has 0 spiro atoms. The molecule has 3 heteroatoms. The highest BCUT2D eigenvalue weighted by Gasteiger charge is 2.30. The zero-order valence-corrected chi connectivity index (χ0v) is 13.9. The average Bonchev–Trinajstić information content (AvgIpc) is 3.07. The van der Waals surface area contributed by atoms with Crippen LogP contribution < -0.4 is 5.32 Å². The van der Waals surface area contributed by atoms with Crippen LogP contribution in [0.4, 0.5) is 0 Å². The van der Waals surface area contributed by atoms with Gasteiger partial charge in [-0.05, 0) is 57.9 Å². The minimum Gasteiger partial charge on any atom is -0.372 e. The molecule has 0 amide bonds. The van der Waals surface area contributed by atoms with Crippen LogP contribution in [0.25, 0.3) is 0 Å². The third-order valence-electron chi connectivity index (χ3n) is 4.48. The molecule has 20 heavy (non-hydrogen) atoms. The topological polar surface area (TPSA) is 24.5 Å². The molecule has 0 radical (unpaired) electrons. The van der Waals surface area contributed by atoms with E-state index in [1.165, 1.54) is 32.2 Å². The van der Waals surface area contributed by atoms with Crippen molar-refractivity contribution in [2.75, 3.05) is 26.2 Å². The van der Waals surface area contributed by atoms with E-state index in [1.54, 1.807) is 0 Å². The Morgan fingerprint density at radius 1 is 1.00 bits per heavy atom. The molecule has 0 bridgehead atoms. The van der Waals surface area contributed by atoms with Crippen LogP contribution in [0, 0.1) is 11.8 Å². The predicted octanol–water partition coefficient (Wildman–Crippen LogP) is 2.90. The molecule has 2 atom stereocenters. The Morgan fingerprint density at radius 2 is 1.70 bits per heavy atom. The standard InChI is InChI=1S/C17H34N2O/c1-13(2)9-18-10-16-7-8-17(20-16)12-19(14(3)4)11-15-5-6-15/h13-18H,5-12H2,1-4H3. The number of nitrogens with zero attached hydrogens (tertiary/aromatic N) is 1. The lowest BCUT2D eigenvalue weighted by Crippen LogP contribution is -2.39. The van der Waals surface area contributed by atoms with Gasteiger partial charge in [0.15, 0.2) is 0 Å². The molecule has 2 unspecified atom stereocenters. The molecule has 2 aliphatic rings. The molecule has 2 fully saturated rings. The number of hydrogen-bond donors (Lipinski definition) is 1. The fraction of sp³-hybridized carbons (Fsp3) is 1.00. The van der Waals surface area contributed by atoms with Gasteiger partial charge in [-0.25, -0.2) is 0 Å². The molecule has 0 aromatic rings. The van der Waals surface area contributed by atoms with E-state index in [1.807, 2.05) is 0 Å². The number of nitrogens with one attached hydrogen (secondary N) is 1. The van der Waals surface area contributed by atoms with Gasteiger partial charge in [-0.2, -0.15) is 0 Å². The van der Waals surface area contributed by atoms with Gasteiger partial charge in [0, 0.05) is 25.7 Å². The van der Waals surface area contributed by atoms with Crippen molar-refractivity contribution in [3.8, 4) is 0 Å². The number of hydrogen-bond acceptors (Lipinski definition) is 3. The van der Waals surface area contributed by atoms with Crippen molar-refractivity contribution < 1.29 is 4.74 Å². The van der Waals surface area contributed by atoms with Crippen LogP contribution in [0.15, 0.2) is 0 Å². The summed E-state index contributed by atoms with van der Waals surface area (Å²) >= 11 is 0. The molecule has 118 valence electrons. The van der Waals surface area contributed by atoms with E-state index < -0.39 is 0 Å². The van der Waals surface area contributed by atoms with Crippen molar-refractivity contribution in [3.05, 3.63) is 0 Å². The Labute approximate surface area is 125 Å². The van der Waals surface area contributed by atoms with Gasteiger partial charge < -0.3 is 10.1 Å². The molecule has 2 rings (SSSR count). The van der Waals surface area contributed by atoms with E-state index in [2.05, 4.69) is 37.9 Å². The van der Waals surface area contributed by atoms with Gasteiger partial charge >= 0.3 is 0 Å². The highest BCUT2D eigenvalue weighted by molar-refractivity contribution is 4.83. The van der Waals surface area contributed by atoms with Gasteiger partial charge in [0.2, 0.25) is 0 Å². The first-order chi connectivity index (χ1) is 9.54. The van der Waals surface area contributed by atoms with Crippen LogP contribution in [0.2, 0.25) is 0 Å². The Hall–Kier alpha value is -0.120. The van der Waals surface area contributed by atoms with Gasteiger partial charge in [0.1, 0.15) is 0 Å². The SMILES string of the molecule is CC(C)CNCC1CCC(CN(CC2CC2)C(C)C)O1. The monoisotopic (exact) mass is 282 g/mol. The van der Waals surface area contributed by atoms with Gasteiger partial charge in [-0.15, -0.1) is 0 Å². The molecule has 1 aliphatic carbocycles.